The van der Waals surface area contributed by atoms with E-state index in [1.807, 2.05) is 13.8 Å². The maximum absolute atomic E-state index is 12.0. The van der Waals surface area contributed by atoms with Crippen LogP contribution < -0.4 is 15.4 Å². The van der Waals surface area contributed by atoms with Gasteiger partial charge >= 0.3 is 6.36 Å². The van der Waals surface area contributed by atoms with Crippen molar-refractivity contribution >= 4 is 18.3 Å². The molecule has 0 saturated heterocycles. The summed E-state index contributed by atoms with van der Waals surface area (Å²) in [4.78, 5) is 11.7. The van der Waals surface area contributed by atoms with E-state index in [-0.39, 0.29) is 36.5 Å². The lowest BCUT2D eigenvalue weighted by Gasteiger charge is -2.13. The topological polar surface area (TPSA) is 50.4 Å². The number of nitrogens with one attached hydrogen (secondary N) is 2. The Balaban J connectivity index is 0.00000484. The van der Waals surface area contributed by atoms with E-state index in [1.54, 1.807) is 0 Å². The summed E-state index contributed by atoms with van der Waals surface area (Å²) in [6.07, 6.45) is -3.93. The Morgan fingerprint density at radius 3 is 2.39 bits per heavy atom. The van der Waals surface area contributed by atoms with Crippen molar-refractivity contribution in [3.63, 3.8) is 0 Å². The fourth-order valence-corrected chi connectivity index (χ4v) is 1.89. The summed E-state index contributed by atoms with van der Waals surface area (Å²) in [7, 11) is 0. The second-order valence-corrected chi connectivity index (χ2v) is 4.95. The molecule has 0 aromatic heterocycles. The number of benzene rings is 1. The quantitative estimate of drug-likeness (QED) is 0.754. The number of alkyl halides is 3. The minimum absolute atomic E-state index is 0. The number of ether oxygens (including phenoxy) is 1. The largest absolute Gasteiger partial charge is 0.573 e. The van der Waals surface area contributed by atoms with Crippen LogP contribution in [0.15, 0.2) is 24.3 Å². The van der Waals surface area contributed by atoms with Crippen molar-refractivity contribution in [3.05, 3.63) is 29.8 Å². The first-order chi connectivity index (χ1) is 10.3. The van der Waals surface area contributed by atoms with E-state index in [2.05, 4.69) is 15.4 Å². The van der Waals surface area contributed by atoms with Crippen molar-refractivity contribution in [1.82, 2.24) is 10.6 Å². The molecule has 2 N–H and O–H groups in total. The molecule has 0 heterocycles. The van der Waals surface area contributed by atoms with Crippen LogP contribution in [0.25, 0.3) is 0 Å². The average Bonchev–Trinajstić information content (AvgIpc) is 2.43. The second-order valence-electron chi connectivity index (χ2n) is 4.95. The van der Waals surface area contributed by atoms with Crippen molar-refractivity contribution in [2.75, 3.05) is 13.1 Å². The highest BCUT2D eigenvalue weighted by molar-refractivity contribution is 5.85. The monoisotopic (exact) mass is 354 g/mol. The molecule has 0 radical (unpaired) electrons. The number of aryl methyl sites for hydroxylation is 1. The third-order valence-corrected chi connectivity index (χ3v) is 2.96. The molecule has 0 bridgehead atoms. The molecule has 0 fully saturated rings. The van der Waals surface area contributed by atoms with Gasteiger partial charge in [0.1, 0.15) is 5.75 Å². The highest BCUT2D eigenvalue weighted by Crippen LogP contribution is 2.22. The zero-order valence-electron chi connectivity index (χ0n) is 13.1. The van der Waals surface area contributed by atoms with E-state index < -0.39 is 6.36 Å². The Labute approximate surface area is 140 Å². The predicted octanol–water partition coefficient (Wildman–Crippen LogP) is 3.05. The van der Waals surface area contributed by atoms with Crippen LogP contribution in [0.2, 0.25) is 0 Å². The molecule has 0 spiro atoms. The second kappa shape index (κ2) is 10.3. The number of hydrogen-bond donors (Lipinski definition) is 2. The molecule has 4 nitrogen and oxygen atoms in total. The lowest BCUT2D eigenvalue weighted by molar-refractivity contribution is -0.274. The van der Waals surface area contributed by atoms with E-state index in [1.165, 1.54) is 24.3 Å². The minimum atomic E-state index is -4.69. The van der Waals surface area contributed by atoms with Crippen LogP contribution in [-0.4, -0.2) is 31.4 Å². The molecule has 8 heteroatoms. The fraction of sp³-hybridized carbons (Fsp3) is 0.533. The van der Waals surface area contributed by atoms with Gasteiger partial charge in [0.2, 0.25) is 5.91 Å². The van der Waals surface area contributed by atoms with Gasteiger partial charge in [0.15, 0.2) is 0 Å². The number of amides is 1. The van der Waals surface area contributed by atoms with Gasteiger partial charge in [-0.15, -0.1) is 25.6 Å². The van der Waals surface area contributed by atoms with Gasteiger partial charge in [-0.3, -0.25) is 4.79 Å². The van der Waals surface area contributed by atoms with Crippen LogP contribution in [0, 0.1) is 0 Å². The van der Waals surface area contributed by atoms with Crippen LogP contribution in [0.5, 0.6) is 5.75 Å². The third-order valence-electron chi connectivity index (χ3n) is 2.96. The summed E-state index contributed by atoms with van der Waals surface area (Å²) in [5.41, 5.74) is 0.782. The summed E-state index contributed by atoms with van der Waals surface area (Å²) in [6, 6.07) is 5.74. The summed E-state index contributed by atoms with van der Waals surface area (Å²) in [5, 5.41) is 5.98. The predicted molar refractivity (Wildman–Crippen MR) is 84.8 cm³/mol. The normalized spacial score (nSPS) is 12.2. The highest BCUT2D eigenvalue weighted by atomic mass is 35.5. The minimum Gasteiger partial charge on any atom is -0.406 e. The summed E-state index contributed by atoms with van der Waals surface area (Å²) >= 11 is 0. The number of hydrogen-bond acceptors (Lipinski definition) is 3. The van der Waals surface area contributed by atoms with Gasteiger partial charge in [0, 0.05) is 19.0 Å². The zero-order valence-corrected chi connectivity index (χ0v) is 13.9. The number of halogens is 4. The first kappa shape index (κ1) is 21.5. The number of likely N-dealkylation sites (N-methyl/N-ethyl adjacent to an activating group) is 1. The molecule has 1 aromatic carbocycles. The lowest BCUT2D eigenvalue weighted by Crippen LogP contribution is -2.38. The van der Waals surface area contributed by atoms with E-state index in [0.717, 1.165) is 12.1 Å². The molecule has 0 saturated carbocycles. The molecular formula is C15H22ClF3N2O2. The summed E-state index contributed by atoms with van der Waals surface area (Å²) < 4.78 is 39.8. The summed E-state index contributed by atoms with van der Waals surface area (Å²) in [5.74, 6) is -0.347. The van der Waals surface area contributed by atoms with E-state index in [9.17, 15) is 18.0 Å². The van der Waals surface area contributed by atoms with E-state index in [4.69, 9.17) is 0 Å². The van der Waals surface area contributed by atoms with Gasteiger partial charge in [-0.1, -0.05) is 19.1 Å². The van der Waals surface area contributed by atoms with Crippen molar-refractivity contribution in [2.45, 2.75) is 39.1 Å². The van der Waals surface area contributed by atoms with E-state index >= 15 is 0 Å². The Bertz CT molecular complexity index is 467. The summed E-state index contributed by atoms with van der Waals surface area (Å²) in [6.45, 7) is 5.35. The first-order valence-corrected chi connectivity index (χ1v) is 7.15. The SMILES string of the molecule is CCN[C@H](C)CNC(=O)CCc1ccc(OC(F)(F)F)cc1.Cl. The smallest absolute Gasteiger partial charge is 0.406 e. The van der Waals surface area contributed by atoms with Crippen LogP contribution in [0.3, 0.4) is 0 Å². The maximum Gasteiger partial charge on any atom is 0.573 e. The van der Waals surface area contributed by atoms with E-state index in [0.29, 0.717) is 13.0 Å². The van der Waals surface area contributed by atoms with Crippen LogP contribution in [0.1, 0.15) is 25.8 Å². The molecule has 132 valence electrons. The Hall–Kier alpha value is -1.47. The molecule has 23 heavy (non-hydrogen) atoms. The van der Waals surface area contributed by atoms with Crippen molar-refractivity contribution < 1.29 is 22.7 Å². The molecule has 0 unspecified atom stereocenters. The van der Waals surface area contributed by atoms with Crippen molar-refractivity contribution in [1.29, 1.82) is 0 Å². The number of carbonyl (C=O) groups is 1. The molecule has 0 aliphatic rings. The maximum atomic E-state index is 12.0. The standard InChI is InChI=1S/C15H21F3N2O2.ClH/c1-3-19-11(2)10-20-14(21)9-6-12-4-7-13(8-5-12)22-15(16,17)18;/h4-5,7-8,11,19H,3,6,9-10H2,1-2H3,(H,20,21);1H/t11-;/m1./s1. The molecule has 0 aliphatic carbocycles. The fourth-order valence-electron chi connectivity index (χ4n) is 1.89. The zero-order chi connectivity index (χ0) is 16.6. The third kappa shape index (κ3) is 10.0. The average molecular weight is 355 g/mol. The molecular weight excluding hydrogens is 333 g/mol. The molecule has 1 rings (SSSR count). The van der Waals surface area contributed by atoms with Gasteiger partial charge in [-0.2, -0.15) is 0 Å². The van der Waals surface area contributed by atoms with Gasteiger partial charge in [0.05, 0.1) is 0 Å². The molecule has 1 aromatic rings. The van der Waals surface area contributed by atoms with Crippen molar-refractivity contribution in [3.8, 4) is 5.75 Å². The molecule has 0 aliphatic heterocycles. The van der Waals surface area contributed by atoms with Gasteiger partial charge in [-0.25, -0.2) is 0 Å². The van der Waals surface area contributed by atoms with Crippen LogP contribution >= 0.6 is 12.4 Å². The highest BCUT2D eigenvalue weighted by Gasteiger charge is 2.30. The number of carbonyl (C=O) groups excluding carboxylic acids is 1. The lowest BCUT2D eigenvalue weighted by atomic mass is 10.1. The van der Waals surface area contributed by atoms with Gasteiger partial charge in [0.25, 0.3) is 0 Å². The van der Waals surface area contributed by atoms with Gasteiger partial charge < -0.3 is 15.4 Å². The van der Waals surface area contributed by atoms with Crippen molar-refractivity contribution in [2.24, 2.45) is 0 Å². The molecule has 1 atom stereocenters. The Morgan fingerprint density at radius 2 is 1.87 bits per heavy atom. The first-order valence-electron chi connectivity index (χ1n) is 7.15. The van der Waals surface area contributed by atoms with Gasteiger partial charge in [-0.05, 0) is 37.6 Å². The van der Waals surface area contributed by atoms with Crippen LogP contribution in [-0.2, 0) is 11.2 Å². The Kier molecular flexibility index (Phi) is 9.67. The molecule has 1 amide bonds. The Morgan fingerprint density at radius 1 is 1.26 bits per heavy atom. The van der Waals surface area contributed by atoms with Crippen LogP contribution in [0.4, 0.5) is 13.2 Å². The number of rotatable bonds is 8.